The van der Waals surface area contributed by atoms with Crippen LogP contribution in [0, 0.1) is 5.41 Å². The second-order valence-corrected chi connectivity index (χ2v) is 5.08. The summed E-state index contributed by atoms with van der Waals surface area (Å²) in [7, 11) is 4.07. The third-order valence-corrected chi connectivity index (χ3v) is 3.14. The fourth-order valence-electron chi connectivity index (χ4n) is 1.78. The molecule has 6 heteroatoms. The largest absolute Gasteiger partial charge is 0.384 e. The van der Waals surface area contributed by atoms with E-state index in [1.165, 1.54) is 0 Å². The molecule has 0 spiro atoms. The maximum Gasteiger partial charge on any atom is 0.148 e. The number of nitrogens with zero attached hydrogens (tertiary/aromatic N) is 3. The first kappa shape index (κ1) is 15.7. The molecular formula is C13H22ClN5. The summed E-state index contributed by atoms with van der Waals surface area (Å²) in [4.78, 5) is 8.59. The van der Waals surface area contributed by atoms with Gasteiger partial charge in [0.15, 0.2) is 0 Å². The maximum absolute atomic E-state index is 7.52. The number of hydrogen-bond acceptors (Lipinski definition) is 4. The molecule has 19 heavy (non-hydrogen) atoms. The molecule has 0 aromatic carbocycles. The third-order valence-electron chi connectivity index (χ3n) is 2.77. The Labute approximate surface area is 119 Å². The van der Waals surface area contributed by atoms with Crippen LogP contribution in [0.2, 0.25) is 5.02 Å². The van der Waals surface area contributed by atoms with Gasteiger partial charge in [-0.15, -0.1) is 0 Å². The number of nitrogens with one attached hydrogen (secondary N) is 1. The van der Waals surface area contributed by atoms with Gasteiger partial charge in [0, 0.05) is 31.4 Å². The van der Waals surface area contributed by atoms with Crippen molar-refractivity contribution in [2.75, 3.05) is 38.6 Å². The molecule has 0 aliphatic heterocycles. The van der Waals surface area contributed by atoms with Crippen molar-refractivity contribution in [3.05, 3.63) is 22.8 Å². The fraction of sp³-hybridized carbons (Fsp3) is 0.538. The predicted octanol–water partition coefficient (Wildman–Crippen LogP) is 1.80. The lowest BCUT2D eigenvalue weighted by atomic mass is 10.2. The number of amidine groups is 1. The summed E-state index contributed by atoms with van der Waals surface area (Å²) >= 11 is 6.31. The molecule has 1 heterocycles. The molecule has 0 saturated heterocycles. The number of nitrogens with two attached hydrogens (primary N) is 1. The van der Waals surface area contributed by atoms with Crippen LogP contribution in [0.15, 0.2) is 12.3 Å². The number of halogens is 1. The van der Waals surface area contributed by atoms with Crippen LogP contribution in [0.1, 0.15) is 18.9 Å². The highest BCUT2D eigenvalue weighted by atomic mass is 35.5. The minimum Gasteiger partial charge on any atom is -0.384 e. The van der Waals surface area contributed by atoms with Crippen molar-refractivity contribution < 1.29 is 0 Å². The van der Waals surface area contributed by atoms with Gasteiger partial charge in [-0.05, 0) is 26.6 Å². The smallest absolute Gasteiger partial charge is 0.148 e. The molecular weight excluding hydrogens is 262 g/mol. The number of rotatable bonds is 7. The van der Waals surface area contributed by atoms with Crippen LogP contribution in [-0.2, 0) is 0 Å². The first-order valence-corrected chi connectivity index (χ1v) is 6.73. The van der Waals surface area contributed by atoms with Gasteiger partial charge in [0.05, 0.1) is 5.02 Å². The Hall–Kier alpha value is -1.33. The quantitative estimate of drug-likeness (QED) is 0.591. The molecule has 1 aromatic heterocycles. The summed E-state index contributed by atoms with van der Waals surface area (Å²) in [5.74, 6) is 0.677. The first-order chi connectivity index (χ1) is 8.97. The third kappa shape index (κ3) is 4.36. The van der Waals surface area contributed by atoms with Crippen LogP contribution in [-0.4, -0.2) is 49.4 Å². The van der Waals surface area contributed by atoms with Gasteiger partial charge in [0.2, 0.25) is 0 Å². The van der Waals surface area contributed by atoms with E-state index in [1.54, 1.807) is 12.3 Å². The van der Waals surface area contributed by atoms with Gasteiger partial charge in [0.25, 0.3) is 0 Å². The Morgan fingerprint density at radius 1 is 1.37 bits per heavy atom. The van der Waals surface area contributed by atoms with Crippen molar-refractivity contribution in [2.45, 2.75) is 13.3 Å². The Bertz CT molecular complexity index is 433. The molecule has 0 atom stereocenters. The Morgan fingerprint density at radius 3 is 2.58 bits per heavy atom. The van der Waals surface area contributed by atoms with Gasteiger partial charge in [0.1, 0.15) is 11.7 Å². The lowest BCUT2D eigenvalue weighted by Gasteiger charge is -2.26. The van der Waals surface area contributed by atoms with Crippen molar-refractivity contribution in [1.82, 2.24) is 9.88 Å². The normalized spacial score (nSPS) is 10.8. The van der Waals surface area contributed by atoms with Crippen molar-refractivity contribution in [3.8, 4) is 0 Å². The SMILES string of the molecule is CCCN(CCN(C)C)c1nccc(C(=N)N)c1Cl. The van der Waals surface area contributed by atoms with Gasteiger partial charge in [-0.2, -0.15) is 0 Å². The summed E-state index contributed by atoms with van der Waals surface area (Å²) in [6.45, 7) is 4.75. The highest BCUT2D eigenvalue weighted by Gasteiger charge is 2.15. The van der Waals surface area contributed by atoms with Gasteiger partial charge >= 0.3 is 0 Å². The number of likely N-dealkylation sites (N-methyl/N-ethyl adjacent to an activating group) is 1. The van der Waals surface area contributed by atoms with Crippen LogP contribution in [0.4, 0.5) is 5.82 Å². The van der Waals surface area contributed by atoms with E-state index in [2.05, 4.69) is 21.7 Å². The minimum atomic E-state index is -0.0299. The first-order valence-electron chi connectivity index (χ1n) is 6.36. The van der Waals surface area contributed by atoms with E-state index in [-0.39, 0.29) is 5.84 Å². The van der Waals surface area contributed by atoms with Crippen molar-refractivity contribution in [3.63, 3.8) is 0 Å². The van der Waals surface area contributed by atoms with Crippen LogP contribution in [0.25, 0.3) is 0 Å². The highest BCUT2D eigenvalue weighted by molar-refractivity contribution is 6.36. The molecule has 1 aromatic rings. The molecule has 0 bridgehead atoms. The number of pyridine rings is 1. The molecule has 0 unspecified atom stereocenters. The molecule has 1 rings (SSSR count). The lowest BCUT2D eigenvalue weighted by molar-refractivity contribution is 0.412. The van der Waals surface area contributed by atoms with Crippen molar-refractivity contribution in [1.29, 1.82) is 5.41 Å². The number of aromatic nitrogens is 1. The van der Waals surface area contributed by atoms with Crippen LogP contribution in [0.3, 0.4) is 0 Å². The minimum absolute atomic E-state index is 0.0299. The Kier molecular flexibility index (Phi) is 6.05. The molecule has 0 aliphatic carbocycles. The average molecular weight is 284 g/mol. The number of hydrogen-bond donors (Lipinski definition) is 2. The van der Waals surface area contributed by atoms with E-state index in [1.807, 2.05) is 14.1 Å². The Balaban J connectivity index is 3.01. The molecule has 5 nitrogen and oxygen atoms in total. The summed E-state index contributed by atoms with van der Waals surface area (Å²) in [5.41, 5.74) is 6.06. The lowest BCUT2D eigenvalue weighted by Crippen LogP contribution is -2.33. The summed E-state index contributed by atoms with van der Waals surface area (Å²) in [5, 5.41) is 7.99. The summed E-state index contributed by atoms with van der Waals surface area (Å²) in [6, 6.07) is 1.67. The van der Waals surface area contributed by atoms with Gasteiger partial charge in [-0.3, -0.25) is 5.41 Å². The van der Waals surface area contributed by atoms with E-state index in [0.717, 1.165) is 26.1 Å². The van der Waals surface area contributed by atoms with Gasteiger partial charge < -0.3 is 15.5 Å². The predicted molar refractivity (Wildman–Crippen MR) is 81.3 cm³/mol. The second kappa shape index (κ2) is 7.31. The monoisotopic (exact) mass is 283 g/mol. The molecule has 0 aliphatic rings. The fourth-order valence-corrected chi connectivity index (χ4v) is 2.11. The van der Waals surface area contributed by atoms with Crippen LogP contribution < -0.4 is 10.6 Å². The van der Waals surface area contributed by atoms with Gasteiger partial charge in [-0.1, -0.05) is 18.5 Å². The van der Waals surface area contributed by atoms with Crippen molar-refractivity contribution in [2.24, 2.45) is 5.73 Å². The molecule has 0 fully saturated rings. The average Bonchev–Trinajstić information content (AvgIpc) is 2.34. The zero-order valence-electron chi connectivity index (χ0n) is 11.8. The standard InChI is InChI=1S/C13H22ClN5/c1-4-7-19(9-8-18(2)3)13-11(14)10(12(15)16)5-6-17-13/h5-6H,4,7-9H2,1-3H3,(H3,15,16). The van der Waals surface area contributed by atoms with E-state index < -0.39 is 0 Å². The van der Waals surface area contributed by atoms with Crippen molar-refractivity contribution >= 4 is 23.3 Å². The highest BCUT2D eigenvalue weighted by Crippen LogP contribution is 2.26. The molecule has 106 valence electrons. The molecule has 0 amide bonds. The van der Waals surface area contributed by atoms with E-state index in [0.29, 0.717) is 16.4 Å². The maximum atomic E-state index is 7.52. The molecule has 0 radical (unpaired) electrons. The van der Waals surface area contributed by atoms with E-state index >= 15 is 0 Å². The van der Waals surface area contributed by atoms with Gasteiger partial charge in [-0.25, -0.2) is 4.98 Å². The molecule has 3 N–H and O–H groups in total. The molecule has 0 saturated carbocycles. The van der Waals surface area contributed by atoms with E-state index in [9.17, 15) is 0 Å². The van der Waals surface area contributed by atoms with Crippen LogP contribution in [0.5, 0.6) is 0 Å². The van der Waals surface area contributed by atoms with E-state index in [4.69, 9.17) is 22.7 Å². The zero-order valence-corrected chi connectivity index (χ0v) is 12.5. The summed E-state index contributed by atoms with van der Waals surface area (Å²) < 4.78 is 0. The second-order valence-electron chi connectivity index (χ2n) is 4.70. The topological polar surface area (TPSA) is 69.2 Å². The number of nitrogen functional groups attached to an aromatic ring is 1. The Morgan fingerprint density at radius 2 is 2.05 bits per heavy atom. The summed E-state index contributed by atoms with van der Waals surface area (Å²) in [6.07, 6.45) is 2.66. The number of anilines is 1. The van der Waals surface area contributed by atoms with Crippen LogP contribution >= 0.6 is 11.6 Å². The zero-order chi connectivity index (χ0) is 14.4.